The van der Waals surface area contributed by atoms with Gasteiger partial charge in [0.15, 0.2) is 0 Å². The lowest BCUT2D eigenvalue weighted by Gasteiger charge is -2.24. The summed E-state index contributed by atoms with van der Waals surface area (Å²) in [5.41, 5.74) is 3.35. The Balaban J connectivity index is 1.40. The topological polar surface area (TPSA) is 66.5 Å². The second-order valence-electron chi connectivity index (χ2n) is 10.1. The molecule has 1 atom stereocenters. The number of hydrogen-bond donors (Lipinski definition) is 2. The van der Waals surface area contributed by atoms with Crippen LogP contribution in [-0.4, -0.2) is 23.0 Å². The highest BCUT2D eigenvalue weighted by Gasteiger charge is 2.20. The first-order chi connectivity index (χ1) is 17.7. The average Bonchev–Trinajstić information content (AvgIpc) is 3.38. The molecule has 4 aromatic rings. The molecule has 0 aliphatic rings. The summed E-state index contributed by atoms with van der Waals surface area (Å²) in [7, 11) is 2.12. The normalized spacial score (nSPS) is 12.3. The van der Waals surface area contributed by atoms with E-state index in [0.717, 1.165) is 12.1 Å². The minimum atomic E-state index is -0.363. The molecule has 6 nitrogen and oxygen atoms in total. The lowest BCUT2D eigenvalue weighted by Crippen LogP contribution is -2.22. The second-order valence-corrected chi connectivity index (χ2v) is 11.1. The van der Waals surface area contributed by atoms with E-state index in [1.54, 1.807) is 29.7 Å². The van der Waals surface area contributed by atoms with E-state index >= 15 is 0 Å². The molecule has 0 radical (unpaired) electrons. The monoisotopic (exact) mass is 514 g/mol. The van der Waals surface area contributed by atoms with Gasteiger partial charge in [-0.2, -0.15) is 0 Å². The van der Waals surface area contributed by atoms with Crippen molar-refractivity contribution in [1.29, 1.82) is 0 Å². The van der Waals surface area contributed by atoms with Gasteiger partial charge in [-0.05, 0) is 66.7 Å². The maximum Gasteiger partial charge on any atom is 0.323 e. The first kappa shape index (κ1) is 26.4. The number of nitrogens with zero attached hydrogens (tertiary/aromatic N) is 2. The molecule has 0 unspecified atom stereocenters. The standard InChI is InChI=1S/C30H34N4O2S/c1-21(34(5)20-24-10-9-19-37-24)22-14-16-23(17-15-22)32-29(35)33-26-12-8-18-31-28(26)36-27-13-7-6-11-25(27)30(2,3)4/h6-19,21H,20H2,1-5H3,(H2,32,33,35)/t21-/m1/s1. The second kappa shape index (κ2) is 11.6. The number of benzene rings is 2. The number of urea groups is 1. The molecular formula is C30H34N4O2S. The number of ether oxygens (including phenoxy) is 1. The number of amides is 2. The molecule has 0 fully saturated rings. The van der Waals surface area contributed by atoms with Crippen LogP contribution < -0.4 is 15.4 Å². The van der Waals surface area contributed by atoms with Crippen molar-refractivity contribution < 1.29 is 9.53 Å². The molecule has 0 saturated carbocycles. The Morgan fingerprint density at radius 2 is 1.76 bits per heavy atom. The van der Waals surface area contributed by atoms with Crippen molar-refractivity contribution in [3.05, 3.63) is 100 Å². The van der Waals surface area contributed by atoms with Gasteiger partial charge in [-0.25, -0.2) is 9.78 Å². The van der Waals surface area contributed by atoms with Crippen LogP contribution in [0.3, 0.4) is 0 Å². The molecule has 0 aliphatic heterocycles. The fourth-order valence-corrected chi connectivity index (χ4v) is 4.78. The predicted octanol–water partition coefficient (Wildman–Crippen LogP) is 8.07. The number of pyridine rings is 1. The maximum atomic E-state index is 12.8. The molecule has 192 valence electrons. The third kappa shape index (κ3) is 6.96. The van der Waals surface area contributed by atoms with Crippen LogP contribution in [0.15, 0.2) is 84.4 Å². The fourth-order valence-electron chi connectivity index (χ4n) is 4.02. The zero-order valence-electron chi connectivity index (χ0n) is 22.0. The van der Waals surface area contributed by atoms with Crippen LogP contribution >= 0.6 is 11.3 Å². The van der Waals surface area contributed by atoms with E-state index in [-0.39, 0.29) is 17.5 Å². The van der Waals surface area contributed by atoms with Crippen molar-refractivity contribution in [1.82, 2.24) is 9.88 Å². The maximum absolute atomic E-state index is 12.8. The quantitative estimate of drug-likeness (QED) is 0.249. The van der Waals surface area contributed by atoms with Gasteiger partial charge in [-0.1, -0.05) is 57.2 Å². The number of nitrogens with one attached hydrogen (secondary N) is 2. The summed E-state index contributed by atoms with van der Waals surface area (Å²) in [6.07, 6.45) is 1.65. The van der Waals surface area contributed by atoms with Crippen molar-refractivity contribution in [2.75, 3.05) is 17.7 Å². The Kier molecular flexibility index (Phi) is 8.26. The van der Waals surface area contributed by atoms with Gasteiger partial charge in [0.1, 0.15) is 11.4 Å². The highest BCUT2D eigenvalue weighted by molar-refractivity contribution is 7.09. The van der Waals surface area contributed by atoms with Crippen LogP contribution in [-0.2, 0) is 12.0 Å². The Labute approximate surface area is 223 Å². The van der Waals surface area contributed by atoms with Gasteiger partial charge in [0.2, 0.25) is 5.88 Å². The summed E-state index contributed by atoms with van der Waals surface area (Å²) in [5.74, 6) is 1.05. The van der Waals surface area contributed by atoms with Gasteiger partial charge < -0.3 is 15.4 Å². The van der Waals surface area contributed by atoms with Gasteiger partial charge in [-0.15, -0.1) is 11.3 Å². The lowest BCUT2D eigenvalue weighted by molar-refractivity contribution is 0.255. The van der Waals surface area contributed by atoms with E-state index in [9.17, 15) is 4.79 Å². The zero-order valence-corrected chi connectivity index (χ0v) is 22.8. The minimum absolute atomic E-state index is 0.0985. The lowest BCUT2D eigenvalue weighted by atomic mass is 9.86. The number of carbonyl (C=O) groups is 1. The summed E-state index contributed by atoms with van der Waals surface area (Å²) in [6, 6.07) is 23.5. The third-order valence-corrected chi connectivity index (χ3v) is 7.08. The summed E-state index contributed by atoms with van der Waals surface area (Å²) in [5, 5.41) is 7.88. The molecule has 2 aromatic carbocycles. The smallest absolute Gasteiger partial charge is 0.323 e. The summed E-state index contributed by atoms with van der Waals surface area (Å²) >= 11 is 1.77. The average molecular weight is 515 g/mol. The number of rotatable bonds is 8. The highest BCUT2D eigenvalue weighted by Crippen LogP contribution is 2.35. The molecule has 7 heteroatoms. The zero-order chi connectivity index (χ0) is 26.4. The Morgan fingerprint density at radius 1 is 1.00 bits per heavy atom. The van der Waals surface area contributed by atoms with Crippen LogP contribution in [0.2, 0.25) is 0 Å². The fraction of sp³-hybridized carbons (Fsp3) is 0.267. The van der Waals surface area contributed by atoms with Crippen molar-refractivity contribution in [3.63, 3.8) is 0 Å². The molecule has 0 bridgehead atoms. The van der Waals surface area contributed by atoms with Crippen molar-refractivity contribution in [3.8, 4) is 11.6 Å². The third-order valence-electron chi connectivity index (χ3n) is 6.22. The first-order valence-corrected chi connectivity index (χ1v) is 13.2. The largest absolute Gasteiger partial charge is 0.437 e. The van der Waals surface area contributed by atoms with Crippen LogP contribution in [0.1, 0.15) is 49.7 Å². The van der Waals surface area contributed by atoms with Gasteiger partial charge in [0, 0.05) is 34.9 Å². The molecule has 2 amide bonds. The molecule has 37 heavy (non-hydrogen) atoms. The van der Waals surface area contributed by atoms with Crippen molar-refractivity contribution in [2.45, 2.75) is 45.7 Å². The number of hydrogen-bond acceptors (Lipinski definition) is 5. The van der Waals surface area contributed by atoms with Crippen LogP contribution in [0, 0.1) is 0 Å². The number of para-hydroxylation sites is 1. The Bertz CT molecular complexity index is 1310. The van der Waals surface area contributed by atoms with E-state index < -0.39 is 0 Å². The van der Waals surface area contributed by atoms with Crippen LogP contribution in [0.4, 0.5) is 16.2 Å². The molecule has 2 N–H and O–H groups in total. The summed E-state index contributed by atoms with van der Waals surface area (Å²) in [6.45, 7) is 9.48. The summed E-state index contributed by atoms with van der Waals surface area (Å²) < 4.78 is 6.16. The first-order valence-electron chi connectivity index (χ1n) is 12.3. The number of aromatic nitrogens is 1. The molecule has 0 aliphatic carbocycles. The van der Waals surface area contributed by atoms with Gasteiger partial charge in [0.25, 0.3) is 0 Å². The predicted molar refractivity (Wildman–Crippen MR) is 153 cm³/mol. The molecule has 2 heterocycles. The number of thiophene rings is 1. The Morgan fingerprint density at radius 3 is 2.46 bits per heavy atom. The van der Waals surface area contributed by atoms with Crippen LogP contribution in [0.5, 0.6) is 11.6 Å². The number of carbonyl (C=O) groups excluding carboxylic acids is 1. The molecule has 4 rings (SSSR count). The van der Waals surface area contributed by atoms with E-state index in [4.69, 9.17) is 4.74 Å². The van der Waals surface area contributed by atoms with E-state index in [0.29, 0.717) is 23.0 Å². The van der Waals surface area contributed by atoms with Gasteiger partial charge in [-0.3, -0.25) is 4.90 Å². The minimum Gasteiger partial charge on any atom is -0.437 e. The summed E-state index contributed by atoms with van der Waals surface area (Å²) in [4.78, 5) is 20.8. The van der Waals surface area contributed by atoms with Crippen LogP contribution in [0.25, 0.3) is 0 Å². The SMILES string of the molecule is C[C@H](c1ccc(NC(=O)Nc2cccnc2Oc2ccccc2C(C)(C)C)cc1)N(C)Cc1cccs1. The number of anilines is 2. The molecule has 2 aromatic heterocycles. The molecular weight excluding hydrogens is 480 g/mol. The highest BCUT2D eigenvalue weighted by atomic mass is 32.1. The molecule has 0 saturated heterocycles. The van der Waals surface area contributed by atoms with Crippen molar-refractivity contribution in [2.24, 2.45) is 0 Å². The van der Waals surface area contributed by atoms with Crippen molar-refractivity contribution >= 4 is 28.7 Å². The molecule has 0 spiro atoms. The van der Waals surface area contributed by atoms with E-state index in [2.05, 4.69) is 72.8 Å². The van der Waals surface area contributed by atoms with Gasteiger partial charge >= 0.3 is 6.03 Å². The van der Waals surface area contributed by atoms with Gasteiger partial charge in [0.05, 0.1) is 0 Å². The van der Waals surface area contributed by atoms with E-state index in [1.165, 1.54) is 10.4 Å². The Hall–Kier alpha value is -3.68. The van der Waals surface area contributed by atoms with E-state index in [1.807, 2.05) is 48.5 Å².